The summed E-state index contributed by atoms with van der Waals surface area (Å²) in [5, 5.41) is 8.82. The first kappa shape index (κ1) is 15.1. The van der Waals surface area contributed by atoms with Crippen molar-refractivity contribution in [1.29, 1.82) is 0 Å². The van der Waals surface area contributed by atoms with E-state index < -0.39 is 15.8 Å². The van der Waals surface area contributed by atoms with Crippen molar-refractivity contribution >= 4 is 10.0 Å². The van der Waals surface area contributed by atoms with Crippen molar-refractivity contribution in [3.8, 4) is 0 Å². The summed E-state index contributed by atoms with van der Waals surface area (Å²) >= 11 is 0. The molecule has 18 heavy (non-hydrogen) atoms. The van der Waals surface area contributed by atoms with Crippen molar-refractivity contribution in [2.24, 2.45) is 5.92 Å². The zero-order chi connectivity index (χ0) is 13.6. The van der Waals surface area contributed by atoms with E-state index in [4.69, 9.17) is 5.11 Å². The van der Waals surface area contributed by atoms with Gasteiger partial charge in [-0.05, 0) is 24.5 Å². The van der Waals surface area contributed by atoms with Crippen LogP contribution in [0.5, 0.6) is 0 Å². The lowest BCUT2D eigenvalue weighted by Crippen LogP contribution is -2.30. The second-order valence-corrected chi connectivity index (χ2v) is 5.80. The fraction of sp³-hybridized carbons (Fsp3) is 0.500. The molecular formula is C12H18FNO3S. The first-order valence-electron chi connectivity index (χ1n) is 5.86. The van der Waals surface area contributed by atoms with E-state index in [9.17, 15) is 12.8 Å². The predicted octanol–water partition coefficient (Wildman–Crippen LogP) is 1.51. The van der Waals surface area contributed by atoms with Crippen LogP contribution >= 0.6 is 0 Å². The van der Waals surface area contributed by atoms with Crippen molar-refractivity contribution in [2.45, 2.75) is 24.7 Å². The molecule has 0 aromatic heterocycles. The van der Waals surface area contributed by atoms with Gasteiger partial charge in [0.2, 0.25) is 10.0 Å². The molecule has 0 aliphatic heterocycles. The molecule has 1 aromatic rings. The van der Waals surface area contributed by atoms with Crippen molar-refractivity contribution in [3.63, 3.8) is 0 Å². The Balaban J connectivity index is 2.74. The highest BCUT2D eigenvalue weighted by atomic mass is 32.2. The largest absolute Gasteiger partial charge is 0.396 e. The Bertz CT molecular complexity index is 476. The molecule has 0 aliphatic rings. The van der Waals surface area contributed by atoms with Gasteiger partial charge < -0.3 is 5.11 Å². The van der Waals surface area contributed by atoms with Gasteiger partial charge in [-0.25, -0.2) is 17.5 Å². The summed E-state index contributed by atoms with van der Waals surface area (Å²) in [5.74, 6) is -0.711. The number of aliphatic hydroxyl groups is 1. The number of sulfonamides is 1. The summed E-state index contributed by atoms with van der Waals surface area (Å²) in [5.41, 5.74) is 0. The lowest BCUT2D eigenvalue weighted by atomic mass is 10.0. The lowest BCUT2D eigenvalue weighted by molar-refractivity contribution is 0.254. The third-order valence-electron chi connectivity index (χ3n) is 2.80. The van der Waals surface area contributed by atoms with Gasteiger partial charge in [0.05, 0.1) is 0 Å². The molecule has 4 nitrogen and oxygen atoms in total. The Morgan fingerprint density at radius 1 is 1.39 bits per heavy atom. The standard InChI is InChI=1S/C12H18FNO3S/c1-2-10(7-8-15)9-14-18(16,17)12-6-4-3-5-11(12)13/h3-6,10,14-15H,2,7-9H2,1H3/t10-/m1/s1. The van der Waals surface area contributed by atoms with Gasteiger partial charge in [0.15, 0.2) is 0 Å². The molecule has 1 aromatic carbocycles. The summed E-state index contributed by atoms with van der Waals surface area (Å²) in [6.45, 7) is 2.13. The number of nitrogens with one attached hydrogen (secondary N) is 1. The van der Waals surface area contributed by atoms with Crippen LogP contribution in [-0.4, -0.2) is 26.7 Å². The first-order chi connectivity index (χ1) is 8.51. The average molecular weight is 275 g/mol. The fourth-order valence-corrected chi connectivity index (χ4v) is 2.79. The molecule has 0 saturated carbocycles. The summed E-state index contributed by atoms with van der Waals surface area (Å²) in [6, 6.07) is 5.25. The van der Waals surface area contributed by atoms with Gasteiger partial charge in [0.1, 0.15) is 10.7 Å². The van der Waals surface area contributed by atoms with Crippen LogP contribution in [0.4, 0.5) is 4.39 Å². The van der Waals surface area contributed by atoms with E-state index in [1.807, 2.05) is 6.92 Å². The quantitative estimate of drug-likeness (QED) is 0.792. The number of aliphatic hydroxyl groups excluding tert-OH is 1. The minimum absolute atomic E-state index is 0.0138. The van der Waals surface area contributed by atoms with Crippen molar-refractivity contribution in [3.05, 3.63) is 30.1 Å². The Morgan fingerprint density at radius 2 is 2.06 bits per heavy atom. The summed E-state index contributed by atoms with van der Waals surface area (Å²) in [7, 11) is -3.82. The van der Waals surface area contributed by atoms with E-state index in [0.717, 1.165) is 12.5 Å². The molecule has 0 bridgehead atoms. The van der Waals surface area contributed by atoms with Crippen LogP contribution < -0.4 is 4.72 Å². The zero-order valence-electron chi connectivity index (χ0n) is 10.3. The van der Waals surface area contributed by atoms with Crippen LogP contribution in [0.2, 0.25) is 0 Å². The fourth-order valence-electron chi connectivity index (χ4n) is 1.60. The number of hydrogen-bond donors (Lipinski definition) is 2. The van der Waals surface area contributed by atoms with Gasteiger partial charge in [-0.2, -0.15) is 0 Å². The molecule has 102 valence electrons. The molecular weight excluding hydrogens is 257 g/mol. The van der Waals surface area contributed by atoms with E-state index in [-0.39, 0.29) is 24.0 Å². The molecule has 1 atom stereocenters. The van der Waals surface area contributed by atoms with Gasteiger partial charge in [-0.15, -0.1) is 0 Å². The monoisotopic (exact) mass is 275 g/mol. The molecule has 0 amide bonds. The second-order valence-electron chi connectivity index (χ2n) is 4.07. The first-order valence-corrected chi connectivity index (χ1v) is 7.34. The molecule has 1 rings (SSSR count). The Kier molecular flexibility index (Phi) is 5.71. The SMILES string of the molecule is CC[C@H](CCO)CNS(=O)(=O)c1ccccc1F. The topological polar surface area (TPSA) is 66.4 Å². The van der Waals surface area contributed by atoms with Gasteiger partial charge >= 0.3 is 0 Å². The maximum Gasteiger partial charge on any atom is 0.243 e. The van der Waals surface area contributed by atoms with Crippen molar-refractivity contribution < 1.29 is 17.9 Å². The van der Waals surface area contributed by atoms with E-state index in [2.05, 4.69) is 4.72 Å². The highest BCUT2D eigenvalue weighted by Crippen LogP contribution is 2.14. The smallest absolute Gasteiger partial charge is 0.243 e. The van der Waals surface area contributed by atoms with Gasteiger partial charge in [0.25, 0.3) is 0 Å². The third-order valence-corrected chi connectivity index (χ3v) is 4.26. The molecule has 0 aliphatic carbocycles. The van der Waals surface area contributed by atoms with Crippen LogP contribution in [0.25, 0.3) is 0 Å². The molecule has 0 unspecified atom stereocenters. The zero-order valence-corrected chi connectivity index (χ0v) is 11.1. The third kappa shape index (κ3) is 4.04. The second kappa shape index (κ2) is 6.82. The summed E-state index contributed by atoms with van der Waals surface area (Å²) in [6.07, 6.45) is 1.27. The Morgan fingerprint density at radius 3 is 2.61 bits per heavy atom. The molecule has 0 radical (unpaired) electrons. The van der Waals surface area contributed by atoms with Crippen LogP contribution in [-0.2, 0) is 10.0 Å². The maximum atomic E-state index is 13.4. The van der Waals surface area contributed by atoms with E-state index in [0.29, 0.717) is 6.42 Å². The maximum absolute atomic E-state index is 13.4. The number of rotatable bonds is 7. The molecule has 6 heteroatoms. The highest BCUT2D eigenvalue weighted by molar-refractivity contribution is 7.89. The normalized spacial score (nSPS) is 13.5. The Hall–Kier alpha value is -0.980. The minimum Gasteiger partial charge on any atom is -0.396 e. The molecule has 0 spiro atoms. The van der Waals surface area contributed by atoms with Crippen molar-refractivity contribution in [1.82, 2.24) is 4.72 Å². The number of halogens is 1. The van der Waals surface area contributed by atoms with Crippen LogP contribution in [0.1, 0.15) is 19.8 Å². The van der Waals surface area contributed by atoms with Crippen LogP contribution in [0.15, 0.2) is 29.2 Å². The van der Waals surface area contributed by atoms with Crippen LogP contribution in [0, 0.1) is 11.7 Å². The van der Waals surface area contributed by atoms with E-state index in [1.54, 1.807) is 0 Å². The van der Waals surface area contributed by atoms with Gasteiger partial charge in [0, 0.05) is 13.2 Å². The number of hydrogen-bond acceptors (Lipinski definition) is 3. The van der Waals surface area contributed by atoms with E-state index in [1.165, 1.54) is 18.2 Å². The molecule has 0 fully saturated rings. The lowest BCUT2D eigenvalue weighted by Gasteiger charge is -2.14. The van der Waals surface area contributed by atoms with Crippen LogP contribution in [0.3, 0.4) is 0 Å². The highest BCUT2D eigenvalue weighted by Gasteiger charge is 2.19. The van der Waals surface area contributed by atoms with Gasteiger partial charge in [-0.3, -0.25) is 0 Å². The minimum atomic E-state index is -3.82. The predicted molar refractivity (Wildman–Crippen MR) is 67.1 cm³/mol. The van der Waals surface area contributed by atoms with Gasteiger partial charge in [-0.1, -0.05) is 25.5 Å². The average Bonchev–Trinajstić information content (AvgIpc) is 2.34. The molecule has 2 N–H and O–H groups in total. The summed E-state index contributed by atoms with van der Waals surface area (Å²) in [4.78, 5) is -0.344. The molecule has 0 saturated heterocycles. The van der Waals surface area contributed by atoms with Crippen molar-refractivity contribution in [2.75, 3.05) is 13.2 Å². The molecule has 0 heterocycles. The summed E-state index contributed by atoms with van der Waals surface area (Å²) < 4.78 is 39.5. The number of benzene rings is 1. The van der Waals surface area contributed by atoms with E-state index >= 15 is 0 Å². The Labute approximate surface area is 107 Å².